The maximum Gasteiger partial charge on any atom is 0.130 e. The fraction of sp³-hybridized carbons (Fsp3) is 0.250. The summed E-state index contributed by atoms with van der Waals surface area (Å²) in [4.78, 5) is 0. The van der Waals surface area contributed by atoms with E-state index in [0.717, 1.165) is 0 Å². The van der Waals surface area contributed by atoms with E-state index >= 15 is 0 Å². The van der Waals surface area contributed by atoms with Crippen LogP contribution in [0.2, 0.25) is 0 Å². The van der Waals surface area contributed by atoms with Crippen molar-refractivity contribution in [1.82, 2.24) is 0 Å². The van der Waals surface area contributed by atoms with Crippen LogP contribution in [0.15, 0.2) is 16.6 Å². The number of phenols is 2. The molecule has 0 atom stereocenters. The summed E-state index contributed by atoms with van der Waals surface area (Å²) in [5, 5.41) is 18.6. The lowest BCUT2D eigenvalue weighted by molar-refractivity contribution is 0.451. The molecule has 0 aliphatic carbocycles. The van der Waals surface area contributed by atoms with Crippen molar-refractivity contribution < 1.29 is 10.2 Å². The number of nitrogens with two attached hydrogens (primary N) is 1. The quantitative estimate of drug-likeness (QED) is 0.716. The largest absolute Gasteiger partial charge is 0.508 e. The summed E-state index contributed by atoms with van der Waals surface area (Å²) in [6.45, 7) is 0.453. The predicted octanol–water partition coefficient (Wildman–Crippen LogP) is 1.78. The normalized spacial score (nSPS) is 9.38. The van der Waals surface area contributed by atoms with Crippen LogP contribution in [0.25, 0.3) is 0 Å². The van der Waals surface area contributed by atoms with Crippen molar-refractivity contribution in [3.63, 3.8) is 0 Å². The van der Waals surface area contributed by atoms with Crippen molar-refractivity contribution in [2.45, 2.75) is 6.42 Å². The van der Waals surface area contributed by atoms with Crippen LogP contribution < -0.4 is 5.73 Å². The van der Waals surface area contributed by atoms with Crippen molar-refractivity contribution in [1.29, 1.82) is 0 Å². The molecule has 0 saturated carbocycles. The van der Waals surface area contributed by atoms with Gasteiger partial charge in [-0.2, -0.15) is 0 Å². The van der Waals surface area contributed by atoms with Gasteiger partial charge in [0.25, 0.3) is 0 Å². The summed E-state index contributed by atoms with van der Waals surface area (Å²) >= 11 is 3.09. The van der Waals surface area contributed by atoms with E-state index in [1.807, 2.05) is 0 Å². The van der Waals surface area contributed by atoms with Gasteiger partial charge in [0.2, 0.25) is 0 Å². The van der Waals surface area contributed by atoms with Crippen LogP contribution >= 0.6 is 28.3 Å². The second kappa shape index (κ2) is 5.32. The fourth-order valence-corrected chi connectivity index (χ4v) is 1.28. The van der Waals surface area contributed by atoms with Gasteiger partial charge in [0.05, 0.1) is 4.47 Å². The van der Waals surface area contributed by atoms with Gasteiger partial charge in [-0.15, -0.1) is 12.4 Å². The van der Waals surface area contributed by atoms with Crippen LogP contribution in [0.3, 0.4) is 0 Å². The van der Waals surface area contributed by atoms with Gasteiger partial charge in [0.1, 0.15) is 11.5 Å². The molecule has 0 aliphatic rings. The van der Waals surface area contributed by atoms with Crippen molar-refractivity contribution in [2.24, 2.45) is 5.73 Å². The summed E-state index contributed by atoms with van der Waals surface area (Å²) in [6, 6.07) is 2.96. The molecule has 0 spiro atoms. The Morgan fingerprint density at radius 1 is 1.23 bits per heavy atom. The molecule has 0 amide bonds. The third-order valence-corrected chi connectivity index (χ3v) is 2.20. The van der Waals surface area contributed by atoms with Crippen LogP contribution in [0, 0.1) is 0 Å². The van der Waals surface area contributed by atoms with Crippen molar-refractivity contribution in [3.8, 4) is 11.5 Å². The highest BCUT2D eigenvalue weighted by Gasteiger charge is 2.05. The van der Waals surface area contributed by atoms with E-state index < -0.39 is 0 Å². The number of hydrogen-bond acceptors (Lipinski definition) is 3. The summed E-state index contributed by atoms with van der Waals surface area (Å²) in [5.41, 5.74) is 5.98. The first-order valence-electron chi connectivity index (χ1n) is 3.55. The Labute approximate surface area is 91.1 Å². The Bertz CT molecular complexity index is 294. The van der Waals surface area contributed by atoms with E-state index in [1.54, 1.807) is 0 Å². The number of aromatic hydroxyl groups is 2. The average Bonchev–Trinajstić information content (AvgIpc) is 2.01. The molecule has 0 fully saturated rings. The Kier molecular flexibility index (Phi) is 5.13. The Balaban J connectivity index is 0.00000144. The van der Waals surface area contributed by atoms with E-state index in [1.165, 1.54) is 12.1 Å². The summed E-state index contributed by atoms with van der Waals surface area (Å²) < 4.78 is 0.487. The number of halogens is 2. The third-order valence-electron chi connectivity index (χ3n) is 1.56. The molecular formula is C8H11BrClNO2. The lowest BCUT2D eigenvalue weighted by Crippen LogP contribution is -2.02. The molecule has 5 heteroatoms. The first kappa shape index (κ1) is 12.6. The van der Waals surface area contributed by atoms with Gasteiger partial charge < -0.3 is 15.9 Å². The van der Waals surface area contributed by atoms with Crippen LogP contribution in [-0.4, -0.2) is 16.8 Å². The highest BCUT2D eigenvalue weighted by molar-refractivity contribution is 9.10. The van der Waals surface area contributed by atoms with Crippen molar-refractivity contribution in [3.05, 3.63) is 22.2 Å². The molecule has 1 aromatic carbocycles. The van der Waals surface area contributed by atoms with Gasteiger partial charge in [0, 0.05) is 0 Å². The molecule has 0 heterocycles. The Morgan fingerprint density at radius 2 is 1.85 bits per heavy atom. The summed E-state index contributed by atoms with van der Waals surface area (Å²) in [7, 11) is 0. The van der Waals surface area contributed by atoms with Gasteiger partial charge in [-0.3, -0.25) is 0 Å². The Morgan fingerprint density at radius 3 is 2.38 bits per heavy atom. The average molecular weight is 269 g/mol. The van der Waals surface area contributed by atoms with Crippen LogP contribution in [-0.2, 0) is 6.42 Å². The number of benzene rings is 1. The van der Waals surface area contributed by atoms with Crippen LogP contribution in [0.5, 0.6) is 11.5 Å². The maximum atomic E-state index is 9.35. The number of phenolic OH excluding ortho intramolecular Hbond substituents is 2. The zero-order chi connectivity index (χ0) is 9.14. The molecule has 0 unspecified atom stereocenters. The first-order chi connectivity index (χ1) is 5.65. The standard InChI is InChI=1S/C8H10BrNO2.ClH/c9-6-4-7(11)5(1-2-10)3-8(6)12;/h3-4,11-12H,1-2,10H2;1H. The van der Waals surface area contributed by atoms with Gasteiger partial charge in [-0.25, -0.2) is 0 Å². The highest BCUT2D eigenvalue weighted by atomic mass is 79.9. The van der Waals surface area contributed by atoms with Gasteiger partial charge in [-0.1, -0.05) is 0 Å². The molecule has 4 N–H and O–H groups in total. The molecule has 74 valence electrons. The monoisotopic (exact) mass is 267 g/mol. The van der Waals surface area contributed by atoms with E-state index in [9.17, 15) is 10.2 Å². The number of rotatable bonds is 2. The van der Waals surface area contributed by atoms with E-state index in [0.29, 0.717) is 23.0 Å². The molecule has 0 radical (unpaired) electrons. The minimum atomic E-state index is 0. The zero-order valence-electron chi connectivity index (χ0n) is 6.83. The fourth-order valence-electron chi connectivity index (χ4n) is 0.950. The molecule has 0 saturated heterocycles. The lowest BCUT2D eigenvalue weighted by atomic mass is 10.1. The lowest BCUT2D eigenvalue weighted by Gasteiger charge is -2.04. The zero-order valence-corrected chi connectivity index (χ0v) is 9.23. The smallest absolute Gasteiger partial charge is 0.130 e. The molecule has 13 heavy (non-hydrogen) atoms. The third kappa shape index (κ3) is 3.06. The first-order valence-corrected chi connectivity index (χ1v) is 4.35. The topological polar surface area (TPSA) is 66.5 Å². The van der Waals surface area contributed by atoms with Gasteiger partial charge in [0.15, 0.2) is 0 Å². The molecule has 1 aromatic rings. The minimum absolute atomic E-state index is 0. The minimum Gasteiger partial charge on any atom is -0.508 e. The maximum absolute atomic E-state index is 9.35. The second-order valence-corrected chi connectivity index (χ2v) is 3.33. The molecule has 3 nitrogen and oxygen atoms in total. The van der Waals surface area contributed by atoms with Crippen LogP contribution in [0.1, 0.15) is 5.56 Å². The molecule has 1 rings (SSSR count). The number of hydrogen-bond donors (Lipinski definition) is 3. The predicted molar refractivity (Wildman–Crippen MR) is 57.5 cm³/mol. The van der Waals surface area contributed by atoms with Crippen molar-refractivity contribution in [2.75, 3.05) is 6.54 Å². The molecular weight excluding hydrogens is 257 g/mol. The summed E-state index contributed by atoms with van der Waals surface area (Å²) in [5.74, 6) is 0.279. The molecule has 0 bridgehead atoms. The van der Waals surface area contributed by atoms with E-state index in [-0.39, 0.29) is 23.9 Å². The molecule has 0 aromatic heterocycles. The van der Waals surface area contributed by atoms with Crippen LogP contribution in [0.4, 0.5) is 0 Å². The SMILES string of the molecule is Cl.NCCc1cc(O)c(Br)cc1O. The highest BCUT2D eigenvalue weighted by Crippen LogP contribution is 2.31. The van der Waals surface area contributed by atoms with Crippen molar-refractivity contribution >= 4 is 28.3 Å². The second-order valence-electron chi connectivity index (χ2n) is 2.47. The van der Waals surface area contributed by atoms with Gasteiger partial charge >= 0.3 is 0 Å². The molecule has 0 aliphatic heterocycles. The van der Waals surface area contributed by atoms with Gasteiger partial charge in [-0.05, 0) is 46.6 Å². The van der Waals surface area contributed by atoms with E-state index in [4.69, 9.17) is 5.73 Å². The van der Waals surface area contributed by atoms with E-state index in [2.05, 4.69) is 15.9 Å². The Hall–Kier alpha value is -0.450. The summed E-state index contributed by atoms with van der Waals surface area (Å²) in [6.07, 6.45) is 0.562.